The van der Waals surface area contributed by atoms with Crippen LogP contribution < -0.4 is 10.6 Å². The molecule has 0 heterocycles. The van der Waals surface area contributed by atoms with E-state index in [1.54, 1.807) is 0 Å². The summed E-state index contributed by atoms with van der Waals surface area (Å²) in [5.74, 6) is 0.893. The summed E-state index contributed by atoms with van der Waals surface area (Å²) in [7, 11) is 0. The fourth-order valence-electron chi connectivity index (χ4n) is 1.22. The van der Waals surface area contributed by atoms with Crippen LogP contribution in [0.5, 0.6) is 0 Å². The second-order valence-electron chi connectivity index (χ2n) is 3.79. The Morgan fingerprint density at radius 1 is 1.26 bits per heavy atom. The molecule has 0 aliphatic carbocycles. The SMILES string of the molecule is C#CCN(CC(=O)O)C(=O)NCCC(=O)NCCC. The minimum absolute atomic E-state index is 0.0971. The van der Waals surface area contributed by atoms with Gasteiger partial charge in [0.25, 0.3) is 0 Å². The Morgan fingerprint density at radius 2 is 1.95 bits per heavy atom. The number of urea groups is 1. The number of hydrogen-bond acceptors (Lipinski definition) is 3. The quantitative estimate of drug-likeness (QED) is 0.524. The third-order valence-electron chi connectivity index (χ3n) is 2.10. The number of nitrogens with zero attached hydrogens (tertiary/aromatic N) is 1. The van der Waals surface area contributed by atoms with Crippen LogP contribution in [0.4, 0.5) is 4.79 Å². The number of carboxylic acids is 1. The zero-order valence-corrected chi connectivity index (χ0v) is 10.9. The van der Waals surface area contributed by atoms with Gasteiger partial charge >= 0.3 is 12.0 Å². The van der Waals surface area contributed by atoms with Crippen molar-refractivity contribution in [3.63, 3.8) is 0 Å². The van der Waals surface area contributed by atoms with Crippen LogP contribution in [0, 0.1) is 12.3 Å². The van der Waals surface area contributed by atoms with Crippen LogP contribution >= 0.6 is 0 Å². The highest BCUT2D eigenvalue weighted by molar-refractivity contribution is 5.81. The van der Waals surface area contributed by atoms with Crippen LogP contribution in [0.15, 0.2) is 0 Å². The van der Waals surface area contributed by atoms with Gasteiger partial charge in [-0.15, -0.1) is 6.42 Å². The maximum absolute atomic E-state index is 11.6. The van der Waals surface area contributed by atoms with Crippen LogP contribution in [0.1, 0.15) is 19.8 Å². The van der Waals surface area contributed by atoms with Crippen molar-refractivity contribution < 1.29 is 19.5 Å². The highest BCUT2D eigenvalue weighted by Gasteiger charge is 2.15. The van der Waals surface area contributed by atoms with Crippen molar-refractivity contribution in [2.75, 3.05) is 26.2 Å². The van der Waals surface area contributed by atoms with E-state index < -0.39 is 18.5 Å². The predicted molar refractivity (Wildman–Crippen MR) is 69.4 cm³/mol. The molecule has 0 saturated carbocycles. The number of rotatable bonds is 8. The molecule has 7 heteroatoms. The van der Waals surface area contributed by atoms with Crippen molar-refractivity contribution in [3.8, 4) is 12.3 Å². The van der Waals surface area contributed by atoms with Gasteiger partial charge in [0.2, 0.25) is 5.91 Å². The fraction of sp³-hybridized carbons (Fsp3) is 0.583. The van der Waals surface area contributed by atoms with E-state index in [4.69, 9.17) is 11.5 Å². The van der Waals surface area contributed by atoms with Gasteiger partial charge in [0.1, 0.15) is 6.54 Å². The molecule has 0 aliphatic heterocycles. The van der Waals surface area contributed by atoms with E-state index in [1.807, 2.05) is 6.92 Å². The summed E-state index contributed by atoms with van der Waals surface area (Å²) < 4.78 is 0. The number of carbonyl (C=O) groups is 3. The predicted octanol–water partition coefficient (Wildman–Crippen LogP) is -0.368. The van der Waals surface area contributed by atoms with Gasteiger partial charge < -0.3 is 20.6 Å². The molecule has 0 aromatic heterocycles. The van der Waals surface area contributed by atoms with E-state index in [-0.39, 0.29) is 25.4 Å². The maximum Gasteiger partial charge on any atom is 0.323 e. The third-order valence-corrected chi connectivity index (χ3v) is 2.10. The highest BCUT2D eigenvalue weighted by atomic mass is 16.4. The summed E-state index contributed by atoms with van der Waals surface area (Å²) in [6, 6.07) is -0.594. The Bertz CT molecular complexity index is 362. The Balaban J connectivity index is 4.02. The van der Waals surface area contributed by atoms with E-state index in [0.717, 1.165) is 11.3 Å². The second-order valence-corrected chi connectivity index (χ2v) is 3.79. The molecule has 19 heavy (non-hydrogen) atoms. The number of nitrogens with one attached hydrogen (secondary N) is 2. The number of carbonyl (C=O) groups excluding carboxylic acids is 2. The number of amides is 3. The second kappa shape index (κ2) is 9.76. The molecule has 0 fully saturated rings. The normalized spacial score (nSPS) is 9.26. The van der Waals surface area contributed by atoms with Gasteiger partial charge in [-0.05, 0) is 6.42 Å². The lowest BCUT2D eigenvalue weighted by molar-refractivity contribution is -0.137. The zero-order chi connectivity index (χ0) is 14.7. The standard InChI is InChI=1S/C12H19N3O4/c1-3-6-13-10(16)5-7-14-12(19)15(8-4-2)9-11(17)18/h2H,3,5-9H2,1H3,(H,13,16)(H,14,19)(H,17,18). The molecule has 0 bridgehead atoms. The van der Waals surface area contributed by atoms with Crippen LogP contribution in [0.25, 0.3) is 0 Å². The van der Waals surface area contributed by atoms with Crippen molar-refractivity contribution in [2.45, 2.75) is 19.8 Å². The molecule has 0 aromatic carbocycles. The summed E-state index contributed by atoms with van der Waals surface area (Å²) in [6.07, 6.45) is 6.03. The first-order valence-electron chi connectivity index (χ1n) is 5.96. The molecule has 0 saturated heterocycles. The lowest BCUT2D eigenvalue weighted by Crippen LogP contribution is -2.44. The molecule has 106 valence electrons. The van der Waals surface area contributed by atoms with E-state index in [1.165, 1.54) is 0 Å². The first-order valence-corrected chi connectivity index (χ1v) is 5.96. The molecule has 0 spiro atoms. The Hall–Kier alpha value is -2.23. The van der Waals surface area contributed by atoms with Gasteiger partial charge in [-0.1, -0.05) is 12.8 Å². The number of terminal acetylenes is 1. The molecule has 0 aliphatic rings. The van der Waals surface area contributed by atoms with Gasteiger partial charge in [-0.25, -0.2) is 4.79 Å². The number of aliphatic carboxylic acids is 1. The van der Waals surface area contributed by atoms with E-state index >= 15 is 0 Å². The van der Waals surface area contributed by atoms with Gasteiger partial charge in [0.15, 0.2) is 0 Å². The monoisotopic (exact) mass is 269 g/mol. The van der Waals surface area contributed by atoms with Crippen molar-refractivity contribution in [3.05, 3.63) is 0 Å². The van der Waals surface area contributed by atoms with E-state index in [2.05, 4.69) is 16.6 Å². The minimum Gasteiger partial charge on any atom is -0.480 e. The van der Waals surface area contributed by atoms with Crippen molar-refractivity contribution >= 4 is 17.9 Å². The summed E-state index contributed by atoms with van der Waals surface area (Å²) in [5, 5.41) is 13.7. The van der Waals surface area contributed by atoms with E-state index in [9.17, 15) is 14.4 Å². The van der Waals surface area contributed by atoms with Gasteiger partial charge in [0.05, 0.1) is 6.54 Å². The Labute approximate surface area is 112 Å². The Kier molecular flexibility index (Phi) is 8.62. The van der Waals surface area contributed by atoms with Crippen molar-refractivity contribution in [2.24, 2.45) is 0 Å². The van der Waals surface area contributed by atoms with Gasteiger partial charge in [-0.3, -0.25) is 9.59 Å². The molecule has 7 nitrogen and oxygen atoms in total. The summed E-state index contributed by atoms with van der Waals surface area (Å²) in [5.41, 5.74) is 0. The molecule has 0 rings (SSSR count). The molecule has 0 unspecified atom stereocenters. The molecule has 0 aromatic rings. The molecule has 3 N–H and O–H groups in total. The largest absolute Gasteiger partial charge is 0.480 e. The van der Waals surface area contributed by atoms with Gasteiger partial charge in [-0.2, -0.15) is 0 Å². The number of hydrogen-bond donors (Lipinski definition) is 3. The third kappa shape index (κ3) is 8.49. The zero-order valence-electron chi connectivity index (χ0n) is 10.9. The van der Waals surface area contributed by atoms with Crippen molar-refractivity contribution in [1.82, 2.24) is 15.5 Å². The lowest BCUT2D eigenvalue weighted by atomic mass is 10.3. The lowest BCUT2D eigenvalue weighted by Gasteiger charge is -2.18. The van der Waals surface area contributed by atoms with Gasteiger partial charge in [0, 0.05) is 19.5 Å². The number of carboxylic acid groups (broad SMARTS) is 1. The Morgan fingerprint density at radius 3 is 2.47 bits per heavy atom. The first-order chi connectivity index (χ1) is 9.01. The fourth-order valence-corrected chi connectivity index (χ4v) is 1.22. The first kappa shape index (κ1) is 16.8. The average molecular weight is 269 g/mol. The summed E-state index contributed by atoms with van der Waals surface area (Å²) in [4.78, 5) is 34.4. The average Bonchev–Trinajstić information content (AvgIpc) is 2.35. The van der Waals surface area contributed by atoms with Crippen molar-refractivity contribution in [1.29, 1.82) is 0 Å². The highest BCUT2D eigenvalue weighted by Crippen LogP contribution is 1.90. The van der Waals surface area contributed by atoms with Crippen LogP contribution in [0.2, 0.25) is 0 Å². The van der Waals surface area contributed by atoms with Crippen LogP contribution in [-0.4, -0.2) is 54.1 Å². The smallest absolute Gasteiger partial charge is 0.323 e. The maximum atomic E-state index is 11.6. The summed E-state index contributed by atoms with van der Waals surface area (Å²) in [6.45, 7) is 2.09. The molecule has 0 atom stereocenters. The summed E-state index contributed by atoms with van der Waals surface area (Å²) >= 11 is 0. The van der Waals surface area contributed by atoms with E-state index in [0.29, 0.717) is 6.54 Å². The molecular formula is C12H19N3O4. The molecule has 0 radical (unpaired) electrons. The molecule has 3 amide bonds. The minimum atomic E-state index is -1.15. The van der Waals surface area contributed by atoms with Crippen LogP contribution in [0.3, 0.4) is 0 Å². The molecular weight excluding hydrogens is 250 g/mol. The van der Waals surface area contributed by atoms with Crippen LogP contribution in [-0.2, 0) is 9.59 Å². The topological polar surface area (TPSA) is 98.7 Å².